The van der Waals surface area contributed by atoms with Gasteiger partial charge in [-0.1, -0.05) is 25.1 Å². The maximum absolute atomic E-state index is 12.3. The van der Waals surface area contributed by atoms with Gasteiger partial charge in [0.1, 0.15) is 17.2 Å². The molecule has 0 fully saturated rings. The number of hydrogen-bond donors (Lipinski definition) is 2. The molecule has 3 aromatic carbocycles. The smallest absolute Gasteiger partial charge is 0.497 e. The third-order valence-corrected chi connectivity index (χ3v) is 7.13. The summed E-state index contributed by atoms with van der Waals surface area (Å²) < 4.78 is 28.2. The summed E-state index contributed by atoms with van der Waals surface area (Å²) in [5.74, 6) is -0.415. The Bertz CT molecular complexity index is 1390. The van der Waals surface area contributed by atoms with Crippen LogP contribution in [-0.4, -0.2) is 49.3 Å². The third-order valence-electron chi connectivity index (χ3n) is 7.13. The van der Waals surface area contributed by atoms with Crippen molar-refractivity contribution in [3.8, 4) is 28.7 Å². The van der Waals surface area contributed by atoms with E-state index in [0.717, 1.165) is 23.1 Å². The fourth-order valence-corrected chi connectivity index (χ4v) is 5.60. The molecule has 10 heteroatoms. The summed E-state index contributed by atoms with van der Waals surface area (Å²) in [6.45, 7) is 2.16. The first-order valence-electron chi connectivity index (χ1n) is 12.8. The summed E-state index contributed by atoms with van der Waals surface area (Å²) in [6.07, 6.45) is 0.710. The molecule has 1 aliphatic carbocycles. The molecule has 0 saturated carbocycles. The van der Waals surface area contributed by atoms with Crippen molar-refractivity contribution in [2.45, 2.75) is 31.6 Å². The number of methoxy groups -OCH3 is 1. The van der Waals surface area contributed by atoms with Gasteiger partial charge in [-0.25, -0.2) is 4.79 Å². The van der Waals surface area contributed by atoms with Crippen LogP contribution in [0.15, 0.2) is 54.6 Å². The van der Waals surface area contributed by atoms with Gasteiger partial charge >= 0.3 is 41.5 Å². The number of benzene rings is 3. The Labute approximate surface area is 254 Å². The number of rotatable bonds is 11. The van der Waals surface area contributed by atoms with Crippen LogP contribution in [0.1, 0.15) is 53.9 Å². The second-order valence-electron chi connectivity index (χ2n) is 9.56. The Hall–Kier alpha value is -3.40. The minimum absolute atomic E-state index is 0. The fourth-order valence-electron chi connectivity index (χ4n) is 5.60. The van der Waals surface area contributed by atoms with E-state index in [1.54, 1.807) is 12.1 Å². The third kappa shape index (κ3) is 6.01. The minimum Gasteiger partial charge on any atom is -0.497 e. The van der Waals surface area contributed by atoms with Crippen LogP contribution in [0.4, 0.5) is 0 Å². The van der Waals surface area contributed by atoms with Crippen LogP contribution >= 0.6 is 0 Å². The molecule has 3 aromatic rings. The second-order valence-corrected chi connectivity index (χ2v) is 9.56. The van der Waals surface area contributed by atoms with Crippen molar-refractivity contribution in [3.05, 3.63) is 76.9 Å². The van der Waals surface area contributed by atoms with Crippen molar-refractivity contribution in [2.24, 2.45) is 5.92 Å². The quantitative estimate of drug-likeness (QED) is 0.341. The number of fused-ring (bicyclic) bond motifs is 2. The fraction of sp³-hybridized carbons (Fsp3) is 0.333. The van der Waals surface area contributed by atoms with Gasteiger partial charge in [0.05, 0.1) is 13.7 Å². The molecule has 0 bridgehead atoms. The van der Waals surface area contributed by atoms with E-state index in [2.05, 4.69) is 0 Å². The van der Waals surface area contributed by atoms with Crippen LogP contribution in [0.25, 0.3) is 0 Å². The van der Waals surface area contributed by atoms with E-state index in [1.807, 2.05) is 49.4 Å². The molecule has 9 nitrogen and oxygen atoms in total. The van der Waals surface area contributed by atoms with E-state index in [0.29, 0.717) is 40.9 Å². The Balaban J connectivity index is 0.00000370. The van der Waals surface area contributed by atoms with E-state index in [4.69, 9.17) is 23.7 Å². The Morgan fingerprint density at radius 1 is 0.850 bits per heavy atom. The molecular weight excluding hydrogens is 527 g/mol. The summed E-state index contributed by atoms with van der Waals surface area (Å²) >= 11 is 0. The molecule has 40 heavy (non-hydrogen) atoms. The normalized spacial score (nSPS) is 18.4. The number of hydrogen-bond acceptors (Lipinski definition) is 7. The van der Waals surface area contributed by atoms with Crippen LogP contribution in [0.3, 0.4) is 0 Å². The van der Waals surface area contributed by atoms with Crippen molar-refractivity contribution in [1.29, 1.82) is 0 Å². The Morgan fingerprint density at radius 3 is 2.33 bits per heavy atom. The van der Waals surface area contributed by atoms with Gasteiger partial charge in [-0.05, 0) is 59.4 Å². The maximum Gasteiger partial charge on any atom is 1.00 e. The molecule has 0 amide bonds. The summed E-state index contributed by atoms with van der Waals surface area (Å²) in [6, 6.07) is 16.8. The average Bonchev–Trinajstić information content (AvgIpc) is 3.51. The average molecular weight is 558 g/mol. The topological polar surface area (TPSA) is 121 Å². The molecular formula is C30H30NaO9+. The van der Waals surface area contributed by atoms with E-state index in [1.165, 1.54) is 7.11 Å². The number of ether oxygens (including phenoxy) is 5. The van der Waals surface area contributed by atoms with E-state index < -0.39 is 30.4 Å². The first-order chi connectivity index (χ1) is 18.9. The van der Waals surface area contributed by atoms with Crippen molar-refractivity contribution in [3.63, 3.8) is 0 Å². The molecule has 1 aliphatic heterocycles. The molecule has 0 radical (unpaired) electrons. The molecule has 1 heterocycles. The maximum atomic E-state index is 12.3. The van der Waals surface area contributed by atoms with Gasteiger partial charge in [0.15, 0.2) is 18.1 Å². The van der Waals surface area contributed by atoms with E-state index in [-0.39, 0.29) is 48.7 Å². The second kappa shape index (κ2) is 12.8. The standard InChI is InChI=1S/C30H30O9.Na/c1-3-10-36-19-6-7-20-22(12-19)30(21-8-5-18(35-2)13-25(21)37-15-28(33)34)23(14-27(31)32)29(20)17-4-9-24-26(11-17)39-16-38-24;/h4-9,11-13,23,29-30H,3,10,14-16H2,1-2H3,(H,31,32)(H,33,34);/q;+1. The molecule has 2 aliphatic rings. The molecule has 3 unspecified atom stereocenters. The van der Waals surface area contributed by atoms with Gasteiger partial charge in [-0.2, -0.15) is 0 Å². The number of carboxylic acids is 2. The van der Waals surface area contributed by atoms with Crippen molar-refractivity contribution in [1.82, 2.24) is 0 Å². The zero-order valence-corrected chi connectivity index (χ0v) is 24.7. The number of carboxylic acid groups (broad SMARTS) is 2. The number of aliphatic carboxylic acids is 2. The van der Waals surface area contributed by atoms with Crippen molar-refractivity contribution >= 4 is 11.9 Å². The van der Waals surface area contributed by atoms with Crippen LogP contribution in [-0.2, 0) is 9.59 Å². The summed E-state index contributed by atoms with van der Waals surface area (Å²) in [7, 11) is 1.51. The molecule has 3 atom stereocenters. The Morgan fingerprint density at radius 2 is 1.60 bits per heavy atom. The van der Waals surface area contributed by atoms with Crippen LogP contribution in [0, 0.1) is 5.92 Å². The number of carbonyl (C=O) groups is 2. The molecule has 0 spiro atoms. The van der Waals surface area contributed by atoms with E-state index in [9.17, 15) is 19.8 Å². The molecule has 2 N–H and O–H groups in total. The van der Waals surface area contributed by atoms with Crippen LogP contribution in [0.2, 0.25) is 0 Å². The predicted molar refractivity (Wildman–Crippen MR) is 140 cm³/mol. The van der Waals surface area contributed by atoms with Gasteiger partial charge in [0.2, 0.25) is 6.79 Å². The van der Waals surface area contributed by atoms with Gasteiger partial charge in [-0.3, -0.25) is 4.79 Å². The predicted octanol–water partition coefficient (Wildman–Crippen LogP) is 2.05. The molecule has 5 rings (SSSR count). The van der Waals surface area contributed by atoms with Gasteiger partial charge in [0.25, 0.3) is 0 Å². The van der Waals surface area contributed by atoms with Crippen molar-refractivity contribution in [2.75, 3.05) is 27.1 Å². The zero-order chi connectivity index (χ0) is 27.5. The van der Waals surface area contributed by atoms with Gasteiger partial charge in [-0.15, -0.1) is 0 Å². The largest absolute Gasteiger partial charge is 1.00 e. The van der Waals surface area contributed by atoms with Crippen LogP contribution < -0.4 is 53.2 Å². The minimum atomic E-state index is -1.12. The summed E-state index contributed by atoms with van der Waals surface area (Å²) in [5.41, 5.74) is 3.45. The molecule has 0 aromatic heterocycles. The first kappa shape index (κ1) is 29.6. The van der Waals surface area contributed by atoms with Gasteiger partial charge < -0.3 is 33.9 Å². The van der Waals surface area contributed by atoms with Crippen LogP contribution in [0.5, 0.6) is 28.7 Å². The SMILES string of the molecule is CCCOc1ccc2c(c1)C(c1ccc(OC)cc1OCC(=O)O)C(CC(=O)O)C2c1ccc2c(c1)OCO2.[Na+]. The molecule has 0 saturated heterocycles. The van der Waals surface area contributed by atoms with Gasteiger partial charge in [0, 0.05) is 29.9 Å². The zero-order valence-electron chi connectivity index (χ0n) is 22.7. The summed E-state index contributed by atoms with van der Waals surface area (Å²) in [4.78, 5) is 23.6. The molecule has 204 valence electrons. The van der Waals surface area contributed by atoms with Crippen molar-refractivity contribution < 1.29 is 73.0 Å². The first-order valence-corrected chi connectivity index (χ1v) is 12.8. The van der Waals surface area contributed by atoms with E-state index >= 15 is 0 Å². The summed E-state index contributed by atoms with van der Waals surface area (Å²) in [5, 5.41) is 19.3. The Kier molecular flexibility index (Phi) is 9.50. The monoisotopic (exact) mass is 557 g/mol.